The normalized spacial score (nSPS) is 16.9. The quantitative estimate of drug-likeness (QED) is 0.857. The number of rotatable bonds is 3. The van der Waals surface area contributed by atoms with Crippen LogP contribution in [0.2, 0.25) is 0 Å². The highest BCUT2D eigenvalue weighted by molar-refractivity contribution is 6.03. The maximum atomic E-state index is 11.5. The molecule has 1 fully saturated rings. The third-order valence-electron chi connectivity index (χ3n) is 5.56. The molecule has 0 amide bonds. The molecule has 2 aromatic carbocycles. The van der Waals surface area contributed by atoms with Crippen LogP contribution < -0.4 is 4.74 Å². The minimum Gasteiger partial charge on any atom is -0.481 e. The van der Waals surface area contributed by atoms with Gasteiger partial charge in [0.2, 0.25) is 0 Å². The molecule has 152 valence electrons. The number of hydrogen-bond acceptors (Lipinski definition) is 5. The molecule has 6 nitrogen and oxygen atoms in total. The standard InChI is InChI=1S/C23H27N3O3/c1-16-8-9-20-18(14-16)24-21(17-6-4-5-7-19(17)29-20)26-12-10-25(11-13-26)15-23(2,3)22(27)28/h4-9,14H,10-13,15H2,1-3H3,(H,27,28). The molecular formula is C23H27N3O3. The van der Waals surface area contributed by atoms with Crippen LogP contribution in [0.5, 0.6) is 11.5 Å². The molecule has 0 spiro atoms. The molecule has 1 saturated heterocycles. The number of carboxylic acid groups (broad SMARTS) is 1. The summed E-state index contributed by atoms with van der Waals surface area (Å²) < 4.78 is 6.17. The second kappa shape index (κ2) is 7.52. The van der Waals surface area contributed by atoms with Gasteiger partial charge in [-0.2, -0.15) is 0 Å². The summed E-state index contributed by atoms with van der Waals surface area (Å²) in [5.41, 5.74) is 2.22. The van der Waals surface area contributed by atoms with Gasteiger partial charge in [0.05, 0.1) is 11.0 Å². The molecule has 0 unspecified atom stereocenters. The fraction of sp³-hybridized carbons (Fsp3) is 0.391. The minimum absolute atomic E-state index is 0.546. The van der Waals surface area contributed by atoms with Crippen LogP contribution in [0, 0.1) is 12.3 Å². The number of para-hydroxylation sites is 1. The van der Waals surface area contributed by atoms with Crippen LogP contribution in [0.4, 0.5) is 5.69 Å². The highest BCUT2D eigenvalue weighted by Gasteiger charge is 2.32. The van der Waals surface area contributed by atoms with E-state index in [2.05, 4.69) is 16.7 Å². The third kappa shape index (κ3) is 3.98. The zero-order valence-electron chi connectivity index (χ0n) is 17.2. The molecule has 0 aromatic heterocycles. The van der Waals surface area contributed by atoms with E-state index >= 15 is 0 Å². The Balaban J connectivity index is 1.60. The first-order valence-corrected chi connectivity index (χ1v) is 10.0. The van der Waals surface area contributed by atoms with Crippen molar-refractivity contribution in [3.63, 3.8) is 0 Å². The molecule has 2 aliphatic heterocycles. The summed E-state index contributed by atoms with van der Waals surface area (Å²) in [7, 11) is 0. The van der Waals surface area contributed by atoms with Gasteiger partial charge in [-0.05, 0) is 50.6 Å². The van der Waals surface area contributed by atoms with Crippen LogP contribution in [0.3, 0.4) is 0 Å². The van der Waals surface area contributed by atoms with Gasteiger partial charge >= 0.3 is 5.97 Å². The fourth-order valence-electron chi connectivity index (χ4n) is 3.82. The van der Waals surface area contributed by atoms with Crippen molar-refractivity contribution in [2.45, 2.75) is 20.8 Å². The lowest BCUT2D eigenvalue weighted by atomic mass is 9.93. The van der Waals surface area contributed by atoms with Crippen LogP contribution in [0.1, 0.15) is 25.0 Å². The number of fused-ring (bicyclic) bond motifs is 2. The molecule has 0 aliphatic carbocycles. The van der Waals surface area contributed by atoms with Crippen molar-refractivity contribution in [3.8, 4) is 11.5 Å². The van der Waals surface area contributed by atoms with Crippen LogP contribution in [0.15, 0.2) is 47.5 Å². The molecule has 4 rings (SSSR count). The van der Waals surface area contributed by atoms with E-state index < -0.39 is 11.4 Å². The number of aryl methyl sites for hydroxylation is 1. The van der Waals surface area contributed by atoms with Crippen LogP contribution in [-0.2, 0) is 4.79 Å². The SMILES string of the molecule is Cc1ccc2c(c1)N=C(N1CCN(CC(C)(C)C(=O)O)CC1)c1ccccc1O2. The lowest BCUT2D eigenvalue weighted by molar-refractivity contribution is -0.148. The number of benzene rings is 2. The number of carbonyl (C=O) groups is 1. The summed E-state index contributed by atoms with van der Waals surface area (Å²) in [5.74, 6) is 1.73. The lowest BCUT2D eigenvalue weighted by Crippen LogP contribution is -2.52. The van der Waals surface area contributed by atoms with E-state index in [-0.39, 0.29) is 0 Å². The molecule has 2 aromatic rings. The maximum absolute atomic E-state index is 11.5. The summed E-state index contributed by atoms with van der Waals surface area (Å²) in [6.45, 7) is 9.36. The highest BCUT2D eigenvalue weighted by atomic mass is 16.5. The topological polar surface area (TPSA) is 65.4 Å². The van der Waals surface area contributed by atoms with Crippen molar-refractivity contribution in [1.29, 1.82) is 0 Å². The summed E-state index contributed by atoms with van der Waals surface area (Å²) in [5, 5.41) is 9.41. The van der Waals surface area contributed by atoms with E-state index in [1.165, 1.54) is 0 Å². The molecule has 2 heterocycles. The molecule has 0 radical (unpaired) electrons. The minimum atomic E-state index is -0.758. The van der Waals surface area contributed by atoms with E-state index in [9.17, 15) is 9.90 Å². The average molecular weight is 393 g/mol. The predicted octanol–water partition coefficient (Wildman–Crippen LogP) is 3.91. The zero-order chi connectivity index (χ0) is 20.6. The largest absolute Gasteiger partial charge is 0.481 e. The Morgan fingerprint density at radius 2 is 1.83 bits per heavy atom. The van der Waals surface area contributed by atoms with E-state index in [0.29, 0.717) is 6.54 Å². The van der Waals surface area contributed by atoms with E-state index in [0.717, 1.165) is 60.3 Å². The zero-order valence-corrected chi connectivity index (χ0v) is 17.2. The predicted molar refractivity (Wildman–Crippen MR) is 113 cm³/mol. The van der Waals surface area contributed by atoms with Crippen LogP contribution >= 0.6 is 0 Å². The Morgan fingerprint density at radius 3 is 2.55 bits per heavy atom. The van der Waals surface area contributed by atoms with Gasteiger partial charge in [0, 0.05) is 32.7 Å². The summed E-state index contributed by atoms with van der Waals surface area (Å²) in [6, 6.07) is 14.1. The first kappa shape index (κ1) is 19.5. The maximum Gasteiger partial charge on any atom is 0.310 e. The smallest absolute Gasteiger partial charge is 0.310 e. The lowest BCUT2D eigenvalue weighted by Gasteiger charge is -2.38. The van der Waals surface area contributed by atoms with Crippen LogP contribution in [0.25, 0.3) is 0 Å². The van der Waals surface area contributed by atoms with E-state index in [4.69, 9.17) is 9.73 Å². The fourth-order valence-corrected chi connectivity index (χ4v) is 3.82. The van der Waals surface area contributed by atoms with Gasteiger partial charge in [-0.3, -0.25) is 9.69 Å². The molecular weight excluding hydrogens is 366 g/mol. The first-order chi connectivity index (χ1) is 13.8. The second-order valence-corrected chi connectivity index (χ2v) is 8.46. The van der Waals surface area contributed by atoms with E-state index in [1.807, 2.05) is 42.5 Å². The Bertz CT molecular complexity index is 960. The number of amidine groups is 1. The van der Waals surface area contributed by atoms with Crippen molar-refractivity contribution in [2.24, 2.45) is 10.4 Å². The van der Waals surface area contributed by atoms with Crippen LogP contribution in [-0.4, -0.2) is 59.4 Å². The molecule has 6 heteroatoms. The number of ether oxygens (including phenoxy) is 1. The number of piperazine rings is 1. The Kier molecular flexibility index (Phi) is 5.04. The second-order valence-electron chi connectivity index (χ2n) is 8.46. The molecule has 0 bridgehead atoms. The number of aliphatic imine (C=N–C) groups is 1. The monoisotopic (exact) mass is 393 g/mol. The van der Waals surface area contributed by atoms with Gasteiger partial charge in [0.25, 0.3) is 0 Å². The van der Waals surface area contributed by atoms with Gasteiger partial charge < -0.3 is 14.7 Å². The molecule has 2 aliphatic rings. The van der Waals surface area contributed by atoms with Gasteiger partial charge in [-0.15, -0.1) is 0 Å². The van der Waals surface area contributed by atoms with Gasteiger partial charge in [-0.25, -0.2) is 4.99 Å². The Morgan fingerprint density at radius 1 is 1.10 bits per heavy atom. The van der Waals surface area contributed by atoms with E-state index in [1.54, 1.807) is 13.8 Å². The van der Waals surface area contributed by atoms with Crippen molar-refractivity contribution in [3.05, 3.63) is 53.6 Å². The third-order valence-corrected chi connectivity index (χ3v) is 5.56. The van der Waals surface area contributed by atoms with Crippen molar-refractivity contribution < 1.29 is 14.6 Å². The van der Waals surface area contributed by atoms with Crippen molar-refractivity contribution in [2.75, 3.05) is 32.7 Å². The Labute approximate surface area is 171 Å². The van der Waals surface area contributed by atoms with Gasteiger partial charge in [0.15, 0.2) is 5.75 Å². The first-order valence-electron chi connectivity index (χ1n) is 10.0. The molecule has 0 atom stereocenters. The van der Waals surface area contributed by atoms with Gasteiger partial charge in [-0.1, -0.05) is 18.2 Å². The van der Waals surface area contributed by atoms with Gasteiger partial charge in [0.1, 0.15) is 17.3 Å². The van der Waals surface area contributed by atoms with Crippen molar-refractivity contribution >= 4 is 17.5 Å². The molecule has 0 saturated carbocycles. The molecule has 1 N–H and O–H groups in total. The molecule has 29 heavy (non-hydrogen) atoms. The summed E-state index contributed by atoms with van der Waals surface area (Å²) in [4.78, 5) is 21.0. The number of aliphatic carboxylic acids is 1. The van der Waals surface area contributed by atoms with Crippen molar-refractivity contribution in [1.82, 2.24) is 9.80 Å². The average Bonchev–Trinajstić information content (AvgIpc) is 2.85. The Hall–Kier alpha value is -2.86. The summed E-state index contributed by atoms with van der Waals surface area (Å²) >= 11 is 0. The number of hydrogen-bond donors (Lipinski definition) is 1. The number of carboxylic acids is 1. The number of nitrogens with zero attached hydrogens (tertiary/aromatic N) is 3. The highest BCUT2D eigenvalue weighted by Crippen LogP contribution is 2.38. The summed E-state index contributed by atoms with van der Waals surface area (Å²) in [6.07, 6.45) is 0.